The predicted octanol–water partition coefficient (Wildman–Crippen LogP) is 3.83. The molecule has 2 amide bonds. The summed E-state index contributed by atoms with van der Waals surface area (Å²) in [4.78, 5) is 26.4. The fraction of sp³-hybridized carbons (Fsp3) is 0.600. The molecule has 0 atom stereocenters. The molecule has 1 aliphatic heterocycles. The molecule has 1 aromatic carbocycles. The Morgan fingerprint density at radius 3 is 2.54 bits per heavy atom. The van der Waals surface area contributed by atoms with Crippen molar-refractivity contribution in [1.82, 2.24) is 5.32 Å². The Hall–Kier alpha value is -1.84. The Morgan fingerprint density at radius 2 is 1.83 bits per heavy atom. The number of fused-ring (bicyclic) bond motifs is 1. The average Bonchev–Trinajstić information content (AvgIpc) is 2.99. The number of hydrogen-bond donors (Lipinski definition) is 1. The van der Waals surface area contributed by atoms with E-state index in [-0.39, 0.29) is 11.8 Å². The van der Waals surface area contributed by atoms with Gasteiger partial charge in [-0.15, -0.1) is 0 Å². The maximum absolute atomic E-state index is 12.6. The van der Waals surface area contributed by atoms with Crippen molar-refractivity contribution < 1.29 is 9.59 Å². The summed E-state index contributed by atoms with van der Waals surface area (Å²) in [5, 5.41) is 3.22. The SMILES string of the molecule is CCC(=O)N1CCc2cc(C(=O)NC3CCCCCCC3)ccc21. The first kappa shape index (κ1) is 17.0. The van der Waals surface area contributed by atoms with Gasteiger partial charge in [-0.2, -0.15) is 0 Å². The first-order chi connectivity index (χ1) is 11.7. The van der Waals surface area contributed by atoms with E-state index >= 15 is 0 Å². The topological polar surface area (TPSA) is 49.4 Å². The van der Waals surface area contributed by atoms with Gasteiger partial charge in [-0.1, -0.05) is 39.0 Å². The van der Waals surface area contributed by atoms with Crippen LogP contribution < -0.4 is 10.2 Å². The molecule has 24 heavy (non-hydrogen) atoms. The zero-order valence-electron chi connectivity index (χ0n) is 14.6. The minimum Gasteiger partial charge on any atom is -0.349 e. The average molecular weight is 328 g/mol. The van der Waals surface area contributed by atoms with Crippen LogP contribution in [0.25, 0.3) is 0 Å². The van der Waals surface area contributed by atoms with Crippen molar-refractivity contribution in [2.24, 2.45) is 0 Å². The lowest BCUT2D eigenvalue weighted by molar-refractivity contribution is -0.118. The highest BCUT2D eigenvalue weighted by molar-refractivity contribution is 5.98. The van der Waals surface area contributed by atoms with E-state index in [1.54, 1.807) is 0 Å². The lowest BCUT2D eigenvalue weighted by Crippen LogP contribution is -2.35. The summed E-state index contributed by atoms with van der Waals surface area (Å²) in [6.45, 7) is 2.62. The van der Waals surface area contributed by atoms with Crippen molar-refractivity contribution in [2.45, 2.75) is 70.8 Å². The molecule has 0 saturated heterocycles. The third kappa shape index (κ3) is 3.80. The molecule has 1 aromatic rings. The van der Waals surface area contributed by atoms with Crippen molar-refractivity contribution in [3.8, 4) is 0 Å². The van der Waals surface area contributed by atoms with Crippen molar-refractivity contribution in [2.75, 3.05) is 11.4 Å². The quantitative estimate of drug-likeness (QED) is 0.917. The van der Waals surface area contributed by atoms with Crippen LogP contribution in [-0.2, 0) is 11.2 Å². The molecule has 1 N–H and O–H groups in total. The van der Waals surface area contributed by atoms with Crippen molar-refractivity contribution in [3.63, 3.8) is 0 Å². The van der Waals surface area contributed by atoms with Crippen LogP contribution >= 0.6 is 0 Å². The van der Waals surface area contributed by atoms with Gasteiger partial charge in [0.05, 0.1) is 0 Å². The highest BCUT2D eigenvalue weighted by Crippen LogP contribution is 2.29. The molecule has 0 radical (unpaired) electrons. The number of nitrogens with zero attached hydrogens (tertiary/aromatic N) is 1. The van der Waals surface area contributed by atoms with Gasteiger partial charge >= 0.3 is 0 Å². The zero-order chi connectivity index (χ0) is 16.9. The predicted molar refractivity (Wildman–Crippen MR) is 96.4 cm³/mol. The molecular weight excluding hydrogens is 300 g/mol. The number of rotatable bonds is 3. The van der Waals surface area contributed by atoms with E-state index < -0.39 is 0 Å². The Labute approximate surface area is 144 Å². The Kier molecular flexibility index (Phi) is 5.54. The van der Waals surface area contributed by atoms with E-state index in [0.717, 1.165) is 42.6 Å². The second kappa shape index (κ2) is 7.82. The fourth-order valence-corrected chi connectivity index (χ4v) is 3.86. The molecule has 1 aliphatic carbocycles. The third-order valence-electron chi connectivity index (χ3n) is 5.28. The second-order valence-electron chi connectivity index (χ2n) is 7.01. The summed E-state index contributed by atoms with van der Waals surface area (Å²) in [6.07, 6.45) is 9.86. The molecule has 3 rings (SSSR count). The van der Waals surface area contributed by atoms with Gasteiger partial charge in [-0.3, -0.25) is 9.59 Å². The molecule has 0 spiro atoms. The van der Waals surface area contributed by atoms with Gasteiger partial charge < -0.3 is 10.2 Å². The van der Waals surface area contributed by atoms with Gasteiger partial charge in [0.15, 0.2) is 0 Å². The Bertz CT molecular complexity index is 604. The minimum absolute atomic E-state index is 0.0311. The van der Waals surface area contributed by atoms with Crippen molar-refractivity contribution in [1.29, 1.82) is 0 Å². The van der Waals surface area contributed by atoms with Gasteiger partial charge in [-0.05, 0) is 43.0 Å². The van der Waals surface area contributed by atoms with Gasteiger partial charge in [0.2, 0.25) is 5.91 Å². The maximum Gasteiger partial charge on any atom is 0.251 e. The van der Waals surface area contributed by atoms with Crippen molar-refractivity contribution >= 4 is 17.5 Å². The zero-order valence-corrected chi connectivity index (χ0v) is 14.6. The van der Waals surface area contributed by atoms with Crippen LogP contribution in [0, 0.1) is 0 Å². The van der Waals surface area contributed by atoms with E-state index in [4.69, 9.17) is 0 Å². The molecule has 0 unspecified atom stereocenters. The Balaban J connectivity index is 1.67. The number of anilines is 1. The van der Waals surface area contributed by atoms with Gasteiger partial charge in [0, 0.05) is 30.3 Å². The molecule has 4 nitrogen and oxygen atoms in total. The van der Waals surface area contributed by atoms with Crippen LogP contribution in [0.5, 0.6) is 0 Å². The van der Waals surface area contributed by atoms with Crippen LogP contribution in [-0.4, -0.2) is 24.4 Å². The van der Waals surface area contributed by atoms with Gasteiger partial charge in [0.1, 0.15) is 0 Å². The minimum atomic E-state index is 0.0311. The fourth-order valence-electron chi connectivity index (χ4n) is 3.86. The summed E-state index contributed by atoms with van der Waals surface area (Å²) < 4.78 is 0. The van der Waals surface area contributed by atoms with E-state index in [1.807, 2.05) is 30.0 Å². The van der Waals surface area contributed by atoms with Crippen LogP contribution in [0.15, 0.2) is 18.2 Å². The molecule has 0 bridgehead atoms. The van der Waals surface area contributed by atoms with Gasteiger partial charge in [-0.25, -0.2) is 0 Å². The maximum atomic E-state index is 12.6. The summed E-state index contributed by atoms with van der Waals surface area (Å²) in [6, 6.07) is 6.07. The summed E-state index contributed by atoms with van der Waals surface area (Å²) in [7, 11) is 0. The highest BCUT2D eigenvalue weighted by atomic mass is 16.2. The van der Waals surface area contributed by atoms with Crippen LogP contribution in [0.2, 0.25) is 0 Å². The molecule has 1 heterocycles. The number of carbonyl (C=O) groups excluding carboxylic acids is 2. The number of carbonyl (C=O) groups is 2. The largest absolute Gasteiger partial charge is 0.349 e. The summed E-state index contributed by atoms with van der Waals surface area (Å²) in [5.74, 6) is 0.184. The smallest absolute Gasteiger partial charge is 0.251 e. The molecule has 1 fully saturated rings. The first-order valence-electron chi connectivity index (χ1n) is 9.43. The summed E-state index contributed by atoms with van der Waals surface area (Å²) in [5.41, 5.74) is 2.81. The van der Waals surface area contributed by atoms with Crippen LogP contribution in [0.1, 0.15) is 74.2 Å². The highest BCUT2D eigenvalue weighted by Gasteiger charge is 2.24. The monoisotopic (exact) mass is 328 g/mol. The van der Waals surface area contributed by atoms with Crippen molar-refractivity contribution in [3.05, 3.63) is 29.3 Å². The normalized spacial score (nSPS) is 18.6. The standard InChI is InChI=1S/C20H28N2O2/c1-2-19(23)22-13-12-15-14-16(10-11-18(15)22)20(24)21-17-8-6-4-3-5-7-9-17/h10-11,14,17H,2-9,12-13H2,1H3,(H,21,24). The number of amides is 2. The number of nitrogens with one attached hydrogen (secondary N) is 1. The molecule has 2 aliphatic rings. The van der Waals surface area contributed by atoms with Gasteiger partial charge in [0.25, 0.3) is 5.91 Å². The van der Waals surface area contributed by atoms with Crippen LogP contribution in [0.3, 0.4) is 0 Å². The first-order valence-corrected chi connectivity index (χ1v) is 9.43. The van der Waals surface area contributed by atoms with E-state index in [9.17, 15) is 9.59 Å². The molecule has 4 heteroatoms. The lowest BCUT2D eigenvalue weighted by atomic mass is 9.96. The molecule has 1 saturated carbocycles. The van der Waals surface area contributed by atoms with Crippen LogP contribution in [0.4, 0.5) is 5.69 Å². The number of benzene rings is 1. The van der Waals surface area contributed by atoms with E-state index in [2.05, 4.69) is 5.32 Å². The molecular formula is C20H28N2O2. The molecule has 130 valence electrons. The second-order valence-corrected chi connectivity index (χ2v) is 7.01. The summed E-state index contributed by atoms with van der Waals surface area (Å²) >= 11 is 0. The Morgan fingerprint density at radius 1 is 1.12 bits per heavy atom. The molecule has 0 aromatic heterocycles. The number of hydrogen-bond acceptors (Lipinski definition) is 2. The van der Waals surface area contributed by atoms with E-state index in [0.29, 0.717) is 12.5 Å². The third-order valence-corrected chi connectivity index (χ3v) is 5.28. The van der Waals surface area contributed by atoms with E-state index in [1.165, 1.54) is 32.1 Å². The lowest BCUT2D eigenvalue weighted by Gasteiger charge is -2.21.